The fourth-order valence-corrected chi connectivity index (χ4v) is 8.70. The molecule has 1 saturated heterocycles. The summed E-state index contributed by atoms with van der Waals surface area (Å²) in [5.41, 5.74) is 1.16. The van der Waals surface area contributed by atoms with Crippen LogP contribution in [-0.4, -0.2) is 15.2 Å². The number of halogens is 3. The first-order valence-corrected chi connectivity index (χ1v) is 12.7. The molecule has 0 unspecified atom stereocenters. The predicted octanol–water partition coefficient (Wildman–Crippen LogP) is 6.91. The Labute approximate surface area is 156 Å². The van der Waals surface area contributed by atoms with Gasteiger partial charge < -0.3 is 4.74 Å². The Bertz CT molecular complexity index is 541. The van der Waals surface area contributed by atoms with Gasteiger partial charge in [-0.1, -0.05) is 56.5 Å². The highest BCUT2D eigenvalue weighted by molar-refractivity contribution is 6.58. The molecule has 0 bridgehead atoms. The molecule has 26 heavy (non-hydrogen) atoms. The van der Waals surface area contributed by atoms with Crippen LogP contribution in [0.3, 0.4) is 0 Å². The number of alkyl halides is 3. The van der Waals surface area contributed by atoms with Crippen LogP contribution in [0.5, 0.6) is 5.75 Å². The monoisotopic (exact) mass is 384 g/mol. The van der Waals surface area contributed by atoms with E-state index in [1.54, 1.807) is 12.1 Å². The van der Waals surface area contributed by atoms with Gasteiger partial charge in [0.15, 0.2) is 0 Å². The lowest BCUT2D eigenvalue weighted by Gasteiger charge is -2.37. The molecule has 146 valence electrons. The van der Waals surface area contributed by atoms with E-state index < -0.39 is 15.2 Å². The van der Waals surface area contributed by atoms with Gasteiger partial charge in [-0.3, -0.25) is 0 Å². The number of hydrogen-bond acceptors (Lipinski definition) is 1. The topological polar surface area (TPSA) is 9.23 Å². The molecule has 0 spiro atoms. The van der Waals surface area contributed by atoms with Crippen molar-refractivity contribution in [3.8, 4) is 5.75 Å². The summed E-state index contributed by atoms with van der Waals surface area (Å²) in [5, 5.41) is 0. The molecule has 0 amide bonds. The maximum atomic E-state index is 12.3. The number of hydrogen-bond donors (Lipinski definition) is 0. The molecule has 2 aliphatic rings. The highest BCUT2D eigenvalue weighted by atomic mass is 28.3. The Hall–Kier alpha value is -0.973. The van der Waals surface area contributed by atoms with Crippen LogP contribution in [0, 0.1) is 11.8 Å². The van der Waals surface area contributed by atoms with Gasteiger partial charge in [0.1, 0.15) is 5.75 Å². The van der Waals surface area contributed by atoms with Gasteiger partial charge in [-0.15, -0.1) is 13.2 Å². The van der Waals surface area contributed by atoms with E-state index in [2.05, 4.69) is 11.7 Å². The molecule has 0 radical (unpaired) electrons. The molecule has 1 aliphatic carbocycles. The zero-order valence-electron chi connectivity index (χ0n) is 15.7. The predicted molar refractivity (Wildman–Crippen MR) is 102 cm³/mol. The van der Waals surface area contributed by atoms with Crippen molar-refractivity contribution < 1.29 is 17.9 Å². The fourth-order valence-electron chi connectivity index (χ4n) is 5.22. The van der Waals surface area contributed by atoms with Crippen LogP contribution in [0.15, 0.2) is 24.3 Å². The maximum absolute atomic E-state index is 12.3. The highest BCUT2D eigenvalue weighted by Gasteiger charge is 2.32. The van der Waals surface area contributed by atoms with Gasteiger partial charge in [0, 0.05) is 8.80 Å². The molecular weight excluding hydrogens is 353 g/mol. The van der Waals surface area contributed by atoms with E-state index in [0.717, 1.165) is 17.4 Å². The zero-order valence-corrected chi connectivity index (χ0v) is 16.9. The van der Waals surface area contributed by atoms with Crippen molar-refractivity contribution in [2.24, 2.45) is 11.8 Å². The Morgan fingerprint density at radius 1 is 0.923 bits per heavy atom. The largest absolute Gasteiger partial charge is 0.573 e. The van der Waals surface area contributed by atoms with E-state index in [4.69, 9.17) is 0 Å². The van der Waals surface area contributed by atoms with Crippen molar-refractivity contribution in [2.45, 2.75) is 82.3 Å². The molecule has 0 N–H and O–H groups in total. The molecule has 1 aromatic carbocycles. The molecule has 1 aromatic rings. The molecule has 5 heteroatoms. The lowest BCUT2D eigenvalue weighted by Crippen LogP contribution is -2.28. The minimum atomic E-state index is -4.61. The summed E-state index contributed by atoms with van der Waals surface area (Å²) in [6, 6.07) is 11.2. The summed E-state index contributed by atoms with van der Waals surface area (Å²) in [6.07, 6.45) is 4.63. The molecular formula is C21H31F3OSi. The van der Waals surface area contributed by atoms with Gasteiger partial charge in [0.05, 0.1) is 0 Å². The second kappa shape index (κ2) is 8.81. The molecule has 1 aliphatic heterocycles. The number of ether oxygens (including phenoxy) is 1. The first-order valence-electron chi connectivity index (χ1n) is 10.3. The molecule has 2 fully saturated rings. The molecule has 1 nitrogen and oxygen atoms in total. The Morgan fingerprint density at radius 3 is 2.04 bits per heavy atom. The van der Waals surface area contributed by atoms with Gasteiger partial charge in [-0.05, 0) is 61.1 Å². The van der Waals surface area contributed by atoms with Crippen molar-refractivity contribution in [2.75, 3.05) is 0 Å². The minimum Gasteiger partial charge on any atom is -0.406 e. The van der Waals surface area contributed by atoms with Crippen LogP contribution < -0.4 is 4.74 Å². The zero-order chi connectivity index (χ0) is 18.6. The molecule has 3 rings (SSSR count). The van der Waals surface area contributed by atoms with Crippen LogP contribution in [0.2, 0.25) is 18.1 Å². The second-order valence-electron chi connectivity index (χ2n) is 8.30. The molecule has 1 saturated carbocycles. The smallest absolute Gasteiger partial charge is 0.406 e. The normalized spacial score (nSPS) is 30.2. The van der Waals surface area contributed by atoms with E-state index in [-0.39, 0.29) is 5.75 Å². The van der Waals surface area contributed by atoms with Gasteiger partial charge in [0.25, 0.3) is 0 Å². The lowest BCUT2D eigenvalue weighted by atomic mass is 9.72. The highest BCUT2D eigenvalue weighted by Crippen LogP contribution is 2.43. The second-order valence-corrected chi connectivity index (χ2v) is 11.8. The van der Waals surface area contributed by atoms with Crippen molar-refractivity contribution in [1.82, 2.24) is 0 Å². The van der Waals surface area contributed by atoms with Crippen molar-refractivity contribution in [3.63, 3.8) is 0 Å². The molecule has 1 heterocycles. The summed E-state index contributed by atoms with van der Waals surface area (Å²) in [6.45, 7) is 2.32. The van der Waals surface area contributed by atoms with Crippen LogP contribution in [0.1, 0.15) is 63.4 Å². The first kappa shape index (κ1) is 19.8. The third kappa shape index (κ3) is 5.51. The van der Waals surface area contributed by atoms with E-state index in [1.165, 1.54) is 63.1 Å². The standard InChI is InChI=1S/C21H31F3OSi/c1-2-13-26-14-11-19(12-15-26)17-5-3-16(4-6-17)18-7-9-20(10-8-18)25-21(22,23)24/h7-10,16-17,19,26H,2-6,11-15H2,1H3/t16?,17?,19-,26-. The van der Waals surface area contributed by atoms with E-state index in [9.17, 15) is 13.2 Å². The quantitative estimate of drug-likeness (QED) is 0.501. The van der Waals surface area contributed by atoms with E-state index >= 15 is 0 Å². The summed E-state index contributed by atoms with van der Waals surface area (Å²) in [5.74, 6) is 2.20. The third-order valence-electron chi connectivity index (χ3n) is 6.61. The molecule has 0 aromatic heterocycles. The number of benzene rings is 1. The van der Waals surface area contributed by atoms with Crippen LogP contribution in [0.4, 0.5) is 13.2 Å². The Morgan fingerprint density at radius 2 is 1.50 bits per heavy atom. The lowest BCUT2D eigenvalue weighted by molar-refractivity contribution is -0.274. The SMILES string of the molecule is CCC[Si@H]1CC[C@H](C2CCC(c3ccc(OC(F)(F)F)cc3)CC2)CC1. The van der Waals surface area contributed by atoms with Crippen LogP contribution in [-0.2, 0) is 0 Å². The summed E-state index contributed by atoms with van der Waals surface area (Å²) in [7, 11) is -0.393. The van der Waals surface area contributed by atoms with Gasteiger partial charge in [-0.25, -0.2) is 0 Å². The van der Waals surface area contributed by atoms with E-state index in [0.29, 0.717) is 5.92 Å². The molecule has 0 atom stereocenters. The summed E-state index contributed by atoms with van der Waals surface area (Å²) < 4.78 is 40.8. The maximum Gasteiger partial charge on any atom is 0.573 e. The minimum absolute atomic E-state index is 0.122. The van der Waals surface area contributed by atoms with E-state index in [1.807, 2.05) is 12.1 Å². The van der Waals surface area contributed by atoms with Gasteiger partial charge >= 0.3 is 6.36 Å². The van der Waals surface area contributed by atoms with Crippen molar-refractivity contribution >= 4 is 8.80 Å². The average molecular weight is 385 g/mol. The number of rotatable bonds is 5. The van der Waals surface area contributed by atoms with Crippen molar-refractivity contribution in [1.29, 1.82) is 0 Å². The third-order valence-corrected chi connectivity index (χ3v) is 10.3. The van der Waals surface area contributed by atoms with Crippen molar-refractivity contribution in [3.05, 3.63) is 29.8 Å². The van der Waals surface area contributed by atoms with Gasteiger partial charge in [-0.2, -0.15) is 0 Å². The van der Waals surface area contributed by atoms with Crippen LogP contribution >= 0.6 is 0 Å². The fraction of sp³-hybridized carbons (Fsp3) is 0.714. The average Bonchev–Trinajstić information content (AvgIpc) is 2.62. The van der Waals surface area contributed by atoms with Crippen LogP contribution in [0.25, 0.3) is 0 Å². The van der Waals surface area contributed by atoms with Gasteiger partial charge in [0.2, 0.25) is 0 Å². The summed E-state index contributed by atoms with van der Waals surface area (Å²) in [4.78, 5) is 0. The first-order chi connectivity index (χ1) is 12.4. The summed E-state index contributed by atoms with van der Waals surface area (Å²) >= 11 is 0. The Balaban J connectivity index is 1.46. The Kier molecular flexibility index (Phi) is 6.70.